The number of furan rings is 1. The second kappa shape index (κ2) is 10.2. The van der Waals surface area contributed by atoms with E-state index in [1.165, 1.54) is 12.4 Å². The van der Waals surface area contributed by atoms with E-state index in [0.29, 0.717) is 33.6 Å². The van der Waals surface area contributed by atoms with Gasteiger partial charge in [-0.15, -0.1) is 0 Å². The van der Waals surface area contributed by atoms with Crippen LogP contribution in [0, 0.1) is 0 Å². The van der Waals surface area contributed by atoms with Gasteiger partial charge in [0.15, 0.2) is 0 Å². The molecule has 0 spiro atoms. The fourth-order valence-electron chi connectivity index (χ4n) is 3.93. The second-order valence-corrected chi connectivity index (χ2v) is 7.70. The average Bonchev–Trinajstić information content (AvgIpc) is 3.48. The van der Waals surface area contributed by atoms with Crippen LogP contribution >= 0.6 is 0 Å². The van der Waals surface area contributed by atoms with E-state index in [1.54, 1.807) is 19.2 Å². The van der Waals surface area contributed by atoms with Crippen molar-refractivity contribution in [1.29, 1.82) is 0 Å². The minimum Gasteiger partial charge on any atom is -0.508 e. The highest BCUT2D eigenvalue weighted by molar-refractivity contribution is 6.10. The molecular formula is C25H25N3O6. The van der Waals surface area contributed by atoms with Crippen molar-refractivity contribution < 1.29 is 29.0 Å². The van der Waals surface area contributed by atoms with Crippen molar-refractivity contribution in [3.8, 4) is 17.1 Å². The molecule has 176 valence electrons. The maximum absolute atomic E-state index is 13.0. The molecule has 0 bridgehead atoms. The number of imidazole rings is 1. The zero-order valence-electron chi connectivity index (χ0n) is 18.6. The molecule has 1 atom stereocenters. The molecule has 0 fully saturated rings. The molecule has 0 aliphatic heterocycles. The maximum atomic E-state index is 13.0. The molecule has 2 aromatic heterocycles. The van der Waals surface area contributed by atoms with Gasteiger partial charge in [-0.3, -0.25) is 4.79 Å². The fourth-order valence-corrected chi connectivity index (χ4v) is 3.93. The Balaban J connectivity index is 1.68. The summed E-state index contributed by atoms with van der Waals surface area (Å²) < 4.78 is 11.3. The summed E-state index contributed by atoms with van der Waals surface area (Å²) in [7, 11) is 0. The normalized spacial score (nSPS) is 12.0. The molecule has 0 aliphatic rings. The van der Waals surface area contributed by atoms with Gasteiger partial charge in [-0.1, -0.05) is 30.3 Å². The summed E-state index contributed by atoms with van der Waals surface area (Å²) in [6.45, 7) is 2.14. The van der Waals surface area contributed by atoms with Crippen molar-refractivity contribution in [1.82, 2.24) is 15.3 Å². The number of carboxylic acids is 1. The molecule has 2 heterocycles. The van der Waals surface area contributed by atoms with E-state index in [2.05, 4.69) is 15.3 Å². The number of hydrogen-bond acceptors (Lipinski definition) is 7. The van der Waals surface area contributed by atoms with Gasteiger partial charge in [0.1, 0.15) is 28.7 Å². The van der Waals surface area contributed by atoms with E-state index in [0.717, 1.165) is 0 Å². The minimum atomic E-state index is -1.00. The number of ether oxygens (including phenoxy) is 1. The summed E-state index contributed by atoms with van der Waals surface area (Å²) in [5.41, 5.74) is 2.54. The fraction of sp³-hybridized carbons (Fsp3) is 0.240. The average molecular weight is 463 g/mol. The van der Waals surface area contributed by atoms with Crippen LogP contribution in [0.25, 0.3) is 22.3 Å². The Bertz CT molecular complexity index is 1280. The van der Waals surface area contributed by atoms with Crippen LogP contribution in [-0.4, -0.2) is 51.3 Å². The van der Waals surface area contributed by atoms with Crippen molar-refractivity contribution in [2.24, 2.45) is 0 Å². The Morgan fingerprint density at radius 1 is 1.21 bits per heavy atom. The molecule has 2 aromatic carbocycles. The number of nitrogens with zero attached hydrogens (tertiary/aromatic N) is 1. The molecule has 4 rings (SSSR count). The first-order chi connectivity index (χ1) is 16.5. The second-order valence-electron chi connectivity index (χ2n) is 7.70. The van der Waals surface area contributed by atoms with Crippen LogP contribution < -0.4 is 5.32 Å². The molecule has 0 radical (unpaired) electrons. The molecule has 0 amide bonds. The van der Waals surface area contributed by atoms with E-state index in [9.17, 15) is 19.8 Å². The van der Waals surface area contributed by atoms with Crippen molar-refractivity contribution in [3.05, 3.63) is 71.8 Å². The van der Waals surface area contributed by atoms with Gasteiger partial charge in [0.25, 0.3) is 0 Å². The van der Waals surface area contributed by atoms with E-state index in [-0.39, 0.29) is 37.3 Å². The minimum absolute atomic E-state index is 0.0132. The van der Waals surface area contributed by atoms with Gasteiger partial charge in [-0.2, -0.15) is 0 Å². The predicted molar refractivity (Wildman–Crippen MR) is 125 cm³/mol. The van der Waals surface area contributed by atoms with E-state index in [1.807, 2.05) is 30.3 Å². The number of esters is 1. The highest BCUT2D eigenvalue weighted by atomic mass is 16.5. The molecule has 0 aliphatic carbocycles. The molecular weight excluding hydrogens is 438 g/mol. The number of carbonyl (C=O) groups is 2. The lowest BCUT2D eigenvalue weighted by atomic mass is 9.99. The lowest BCUT2D eigenvalue weighted by molar-refractivity contribution is -0.139. The molecule has 34 heavy (non-hydrogen) atoms. The topological polar surface area (TPSA) is 138 Å². The van der Waals surface area contributed by atoms with E-state index >= 15 is 0 Å². The van der Waals surface area contributed by atoms with Gasteiger partial charge < -0.3 is 29.7 Å². The molecule has 0 saturated heterocycles. The Labute approximate surface area is 195 Å². The number of fused-ring (bicyclic) bond motifs is 1. The summed E-state index contributed by atoms with van der Waals surface area (Å²) in [4.78, 5) is 31.5. The first-order valence-electron chi connectivity index (χ1n) is 10.9. The lowest BCUT2D eigenvalue weighted by Gasteiger charge is -2.14. The smallest absolute Gasteiger partial charge is 0.342 e. The van der Waals surface area contributed by atoms with Gasteiger partial charge in [-0.25, -0.2) is 9.78 Å². The molecule has 4 N–H and O–H groups in total. The summed E-state index contributed by atoms with van der Waals surface area (Å²) >= 11 is 0. The summed E-state index contributed by atoms with van der Waals surface area (Å²) in [5, 5.41) is 23.7. The molecule has 9 heteroatoms. The van der Waals surface area contributed by atoms with Crippen LogP contribution in [0.15, 0.2) is 59.4 Å². The van der Waals surface area contributed by atoms with Crippen molar-refractivity contribution in [2.45, 2.75) is 25.8 Å². The number of H-pyrrole nitrogens is 1. The zero-order chi connectivity index (χ0) is 24.1. The quantitative estimate of drug-likeness (QED) is 0.262. The van der Waals surface area contributed by atoms with Crippen LogP contribution in [0.5, 0.6) is 5.75 Å². The number of rotatable bonds is 10. The van der Waals surface area contributed by atoms with Crippen molar-refractivity contribution >= 4 is 22.9 Å². The maximum Gasteiger partial charge on any atom is 0.342 e. The molecule has 9 nitrogen and oxygen atoms in total. The van der Waals surface area contributed by atoms with Gasteiger partial charge in [0.05, 0.1) is 12.9 Å². The third-order valence-electron chi connectivity index (χ3n) is 5.50. The molecule has 0 unspecified atom stereocenters. The number of phenolic OH excluding ortho intramolecular Hbond substituents is 1. The zero-order valence-corrected chi connectivity index (χ0v) is 18.6. The van der Waals surface area contributed by atoms with Gasteiger partial charge in [0, 0.05) is 41.4 Å². The predicted octanol–water partition coefficient (Wildman–Crippen LogP) is 3.53. The summed E-state index contributed by atoms with van der Waals surface area (Å²) in [6.07, 6.45) is 3.55. The van der Waals surface area contributed by atoms with Crippen LogP contribution in [0.2, 0.25) is 0 Å². The number of nitrogens with one attached hydrogen (secondary N) is 2. The first kappa shape index (κ1) is 23.1. The number of benzene rings is 2. The lowest BCUT2D eigenvalue weighted by Crippen LogP contribution is -2.39. The van der Waals surface area contributed by atoms with E-state index in [4.69, 9.17) is 9.15 Å². The summed E-state index contributed by atoms with van der Waals surface area (Å²) in [6, 6.07) is 11.5. The Hall–Kier alpha value is -4.11. The van der Waals surface area contributed by atoms with Crippen molar-refractivity contribution in [3.63, 3.8) is 0 Å². The van der Waals surface area contributed by atoms with Crippen LogP contribution in [0.1, 0.15) is 28.5 Å². The Kier molecular flexibility index (Phi) is 6.93. The SMILES string of the molecule is CCOC(=O)c1c(-c2ccccc2)oc2ccc(O)c(CCN[C@@H](Cc3cnc[nH]3)C(=O)O)c12. The van der Waals surface area contributed by atoms with E-state index < -0.39 is 18.0 Å². The summed E-state index contributed by atoms with van der Waals surface area (Å²) in [5.74, 6) is -1.21. The Morgan fingerprint density at radius 3 is 2.68 bits per heavy atom. The number of carbonyl (C=O) groups excluding carboxylic acids is 1. The number of aliphatic carboxylic acids is 1. The number of aromatic amines is 1. The largest absolute Gasteiger partial charge is 0.508 e. The highest BCUT2D eigenvalue weighted by Crippen LogP contribution is 2.39. The third-order valence-corrected chi connectivity index (χ3v) is 5.50. The molecule has 0 saturated carbocycles. The Morgan fingerprint density at radius 2 is 2.00 bits per heavy atom. The van der Waals surface area contributed by atoms with Gasteiger partial charge in [0.2, 0.25) is 0 Å². The monoisotopic (exact) mass is 463 g/mol. The van der Waals surface area contributed by atoms with Gasteiger partial charge >= 0.3 is 11.9 Å². The number of aromatic nitrogens is 2. The number of carboxylic acid groups (broad SMARTS) is 1. The van der Waals surface area contributed by atoms with Crippen LogP contribution in [0.3, 0.4) is 0 Å². The highest BCUT2D eigenvalue weighted by Gasteiger charge is 2.27. The van der Waals surface area contributed by atoms with Gasteiger partial charge in [-0.05, 0) is 25.5 Å². The number of hydrogen-bond donors (Lipinski definition) is 4. The standard InChI is InChI=1S/C25H25N3O6/c1-2-33-25(32)22-21-17(10-11-27-18(24(30)31)12-16-13-26-14-28-16)19(29)8-9-20(21)34-23(22)15-6-4-3-5-7-15/h3-9,13-14,18,27,29H,2,10-12H2,1H3,(H,26,28)(H,30,31)/t18-/m0/s1. The number of phenols is 1. The number of aromatic hydroxyl groups is 1. The van der Waals surface area contributed by atoms with Crippen molar-refractivity contribution in [2.75, 3.05) is 13.2 Å². The van der Waals surface area contributed by atoms with Crippen LogP contribution in [-0.2, 0) is 22.4 Å². The first-order valence-corrected chi connectivity index (χ1v) is 10.9. The van der Waals surface area contributed by atoms with Crippen LogP contribution in [0.4, 0.5) is 0 Å². The third kappa shape index (κ3) is 4.79. The molecule has 4 aromatic rings.